The third-order valence-electron chi connectivity index (χ3n) is 2.42. The van der Waals surface area contributed by atoms with Gasteiger partial charge in [-0.1, -0.05) is 60.1 Å². The lowest BCUT2D eigenvalue weighted by atomic mass is 10.2. The van der Waals surface area contributed by atoms with Crippen LogP contribution in [-0.4, -0.2) is 0 Å². The van der Waals surface area contributed by atoms with Crippen molar-refractivity contribution in [2.75, 3.05) is 0 Å². The van der Waals surface area contributed by atoms with Gasteiger partial charge in [-0.3, -0.25) is 0 Å². The number of hydrogen-bond donors (Lipinski definition) is 2. The molecule has 0 atom stereocenters. The summed E-state index contributed by atoms with van der Waals surface area (Å²) in [5.74, 6) is 11.9. The summed E-state index contributed by atoms with van der Waals surface area (Å²) in [7, 11) is 0. The number of thiol groups is 2. The van der Waals surface area contributed by atoms with Crippen molar-refractivity contribution in [3.63, 3.8) is 0 Å². The van der Waals surface area contributed by atoms with Gasteiger partial charge in [0.15, 0.2) is 0 Å². The van der Waals surface area contributed by atoms with Crippen LogP contribution in [0.2, 0.25) is 0 Å². The summed E-state index contributed by atoms with van der Waals surface area (Å²) < 4.78 is 0. The van der Waals surface area contributed by atoms with Gasteiger partial charge in [0.1, 0.15) is 0 Å². The molecule has 2 rings (SSSR count). The molecule has 0 aliphatic rings. The van der Waals surface area contributed by atoms with Crippen LogP contribution < -0.4 is 0 Å². The Labute approximate surface area is 130 Å². The van der Waals surface area contributed by atoms with Crippen molar-refractivity contribution >= 4 is 25.3 Å². The number of hydrogen-bond acceptors (Lipinski definition) is 2. The van der Waals surface area contributed by atoms with Crippen LogP contribution in [0.25, 0.3) is 0 Å². The quantitative estimate of drug-likeness (QED) is 0.528. The fourth-order valence-electron chi connectivity index (χ4n) is 1.42. The Morgan fingerprint density at radius 2 is 0.950 bits per heavy atom. The smallest absolute Gasteiger partial charge is 0.0765 e. The molecule has 0 bridgehead atoms. The Morgan fingerprint density at radius 3 is 1.30 bits per heavy atom. The third-order valence-corrected chi connectivity index (χ3v) is 3.27. The van der Waals surface area contributed by atoms with Gasteiger partial charge in [0.05, 0.1) is 9.81 Å². The highest BCUT2D eigenvalue weighted by Gasteiger charge is 1.91. The first-order valence-corrected chi connectivity index (χ1v) is 6.91. The van der Waals surface area contributed by atoms with Crippen molar-refractivity contribution in [2.24, 2.45) is 0 Å². The minimum atomic E-state index is 0.570. The highest BCUT2D eigenvalue weighted by Crippen LogP contribution is 2.11. The summed E-state index contributed by atoms with van der Waals surface area (Å²) in [6, 6.07) is 19.5. The number of rotatable bonds is 0. The molecular weight excluding hydrogens is 280 g/mol. The normalized spacial score (nSPS) is 10.5. The molecule has 0 fully saturated rings. The van der Waals surface area contributed by atoms with E-state index in [9.17, 15) is 0 Å². The number of benzene rings is 2. The zero-order valence-electron chi connectivity index (χ0n) is 10.7. The first-order chi connectivity index (χ1) is 9.75. The maximum atomic E-state index is 4.33. The minimum absolute atomic E-state index is 0.570. The molecule has 0 amide bonds. The molecule has 0 aliphatic heterocycles. The van der Waals surface area contributed by atoms with E-state index in [1.54, 1.807) is 0 Å². The molecule has 0 heterocycles. The van der Waals surface area contributed by atoms with E-state index in [-0.39, 0.29) is 0 Å². The van der Waals surface area contributed by atoms with Gasteiger partial charge in [0.2, 0.25) is 0 Å². The Balaban J connectivity index is 2.17. The van der Waals surface area contributed by atoms with Crippen molar-refractivity contribution in [2.45, 2.75) is 0 Å². The maximum absolute atomic E-state index is 4.33. The second kappa shape index (κ2) is 7.56. The molecule has 2 aromatic rings. The van der Waals surface area contributed by atoms with Crippen LogP contribution in [0.5, 0.6) is 0 Å². The minimum Gasteiger partial charge on any atom is -0.133 e. The molecule has 0 radical (unpaired) electrons. The Kier molecular flexibility index (Phi) is 5.44. The molecule has 0 aliphatic carbocycles. The predicted octanol–water partition coefficient (Wildman–Crippen LogP) is 4.16. The highest BCUT2D eigenvalue weighted by atomic mass is 32.1. The topological polar surface area (TPSA) is 0 Å². The van der Waals surface area contributed by atoms with E-state index >= 15 is 0 Å². The van der Waals surface area contributed by atoms with Gasteiger partial charge in [-0.05, 0) is 24.3 Å². The molecule has 0 aromatic heterocycles. The largest absolute Gasteiger partial charge is 0.133 e. The van der Waals surface area contributed by atoms with Crippen LogP contribution in [0.3, 0.4) is 0 Å². The van der Waals surface area contributed by atoms with E-state index < -0.39 is 0 Å². The molecule has 0 nitrogen and oxygen atoms in total. The van der Waals surface area contributed by atoms with Crippen LogP contribution in [0, 0.1) is 23.7 Å². The molecular formula is C18H12S2. The van der Waals surface area contributed by atoms with Crippen LogP contribution in [0.1, 0.15) is 11.1 Å². The SMILES string of the molecule is S/C(C#Cc1ccccc1)=C(\S)C#Cc1ccccc1. The molecule has 0 N–H and O–H groups in total. The number of allylic oxidation sites excluding steroid dienone is 2. The Bertz CT molecular complexity index is 655. The lowest BCUT2D eigenvalue weighted by Gasteiger charge is -1.91. The van der Waals surface area contributed by atoms with Crippen molar-refractivity contribution in [1.29, 1.82) is 0 Å². The molecule has 0 unspecified atom stereocenters. The van der Waals surface area contributed by atoms with E-state index in [2.05, 4.69) is 48.9 Å². The van der Waals surface area contributed by atoms with E-state index in [1.165, 1.54) is 0 Å². The van der Waals surface area contributed by atoms with E-state index in [0.717, 1.165) is 11.1 Å². The first kappa shape index (κ1) is 14.4. The molecule has 2 aromatic carbocycles. The summed E-state index contributed by atoms with van der Waals surface area (Å²) in [4.78, 5) is 1.14. The van der Waals surface area contributed by atoms with Crippen molar-refractivity contribution < 1.29 is 0 Å². The van der Waals surface area contributed by atoms with E-state index in [4.69, 9.17) is 0 Å². The fraction of sp³-hybridized carbons (Fsp3) is 0. The van der Waals surface area contributed by atoms with Gasteiger partial charge in [0, 0.05) is 11.1 Å². The molecule has 0 spiro atoms. The summed E-state index contributed by atoms with van der Waals surface area (Å²) in [6.07, 6.45) is 0. The van der Waals surface area contributed by atoms with Gasteiger partial charge in [-0.2, -0.15) is 0 Å². The average molecular weight is 292 g/mol. The van der Waals surface area contributed by atoms with Crippen molar-refractivity contribution in [3.8, 4) is 23.7 Å². The monoisotopic (exact) mass is 292 g/mol. The van der Waals surface area contributed by atoms with Gasteiger partial charge >= 0.3 is 0 Å². The molecule has 96 valence electrons. The van der Waals surface area contributed by atoms with Crippen LogP contribution in [0.4, 0.5) is 0 Å². The second-order valence-electron chi connectivity index (χ2n) is 3.93. The summed E-state index contributed by atoms with van der Waals surface area (Å²) in [5.41, 5.74) is 1.88. The van der Waals surface area contributed by atoms with Crippen molar-refractivity contribution in [3.05, 3.63) is 81.6 Å². The molecule has 2 heteroatoms. The Hall–Kier alpha value is -2.00. The summed E-state index contributed by atoms with van der Waals surface area (Å²) in [6.45, 7) is 0. The standard InChI is InChI=1S/C18H12S2/c19-17(13-11-15-7-3-1-4-8-15)18(20)14-12-16-9-5-2-6-10-16/h1-10,19-20H/b18-17-. The lowest BCUT2D eigenvalue weighted by Crippen LogP contribution is -1.76. The molecule has 20 heavy (non-hydrogen) atoms. The lowest BCUT2D eigenvalue weighted by molar-refractivity contribution is 1.65. The van der Waals surface area contributed by atoms with Gasteiger partial charge in [-0.15, -0.1) is 25.3 Å². The highest BCUT2D eigenvalue weighted by molar-refractivity contribution is 7.89. The van der Waals surface area contributed by atoms with Gasteiger partial charge in [-0.25, -0.2) is 0 Å². The molecule has 0 saturated carbocycles. The molecule has 0 saturated heterocycles. The predicted molar refractivity (Wildman–Crippen MR) is 91.6 cm³/mol. The third kappa shape index (κ3) is 4.59. The zero-order valence-corrected chi connectivity index (χ0v) is 12.5. The van der Waals surface area contributed by atoms with Crippen molar-refractivity contribution in [1.82, 2.24) is 0 Å². The summed E-state index contributed by atoms with van der Waals surface area (Å²) in [5, 5.41) is 0. The first-order valence-electron chi connectivity index (χ1n) is 6.02. The van der Waals surface area contributed by atoms with Gasteiger partial charge in [0.25, 0.3) is 0 Å². The van der Waals surface area contributed by atoms with Crippen LogP contribution in [-0.2, 0) is 0 Å². The van der Waals surface area contributed by atoms with Crippen LogP contribution in [0.15, 0.2) is 70.5 Å². The summed E-state index contributed by atoms with van der Waals surface area (Å²) >= 11 is 8.66. The van der Waals surface area contributed by atoms with Gasteiger partial charge < -0.3 is 0 Å². The van der Waals surface area contributed by atoms with E-state index in [0.29, 0.717) is 9.81 Å². The fourth-order valence-corrected chi connectivity index (χ4v) is 1.65. The Morgan fingerprint density at radius 1 is 0.600 bits per heavy atom. The van der Waals surface area contributed by atoms with Crippen LogP contribution >= 0.6 is 25.3 Å². The van der Waals surface area contributed by atoms with E-state index in [1.807, 2.05) is 60.7 Å². The zero-order chi connectivity index (χ0) is 14.2. The maximum Gasteiger partial charge on any atom is 0.0765 e. The average Bonchev–Trinajstić information content (AvgIpc) is 2.52. The second-order valence-corrected chi connectivity index (χ2v) is 4.82.